The maximum absolute atomic E-state index is 11.1. The minimum atomic E-state index is -4.57. The third-order valence-corrected chi connectivity index (χ3v) is 3.07. The summed E-state index contributed by atoms with van der Waals surface area (Å²) >= 11 is 0. The highest BCUT2D eigenvalue weighted by Gasteiger charge is 2.21. The molecule has 5 nitrogen and oxygen atoms in total. The molecule has 0 aliphatic carbocycles. The van der Waals surface area contributed by atoms with Crippen molar-refractivity contribution in [2.45, 2.75) is 13.1 Å². The van der Waals surface area contributed by atoms with Crippen LogP contribution in [0.15, 0.2) is 60.7 Å². The molecule has 0 aromatic heterocycles. The molecule has 0 radical (unpaired) electrons. The van der Waals surface area contributed by atoms with Gasteiger partial charge < -0.3 is 9.79 Å². The molecule has 2 aromatic rings. The fourth-order valence-electron chi connectivity index (χ4n) is 1.84. The maximum Gasteiger partial charge on any atom is 0.486 e. The molecule has 2 N–H and O–H groups in total. The van der Waals surface area contributed by atoms with Crippen LogP contribution in [0.2, 0.25) is 0 Å². The predicted octanol–water partition coefficient (Wildman–Crippen LogP) is 2.71. The summed E-state index contributed by atoms with van der Waals surface area (Å²) in [5.74, 6) is 0. The van der Waals surface area contributed by atoms with Gasteiger partial charge in [0.25, 0.3) is 0 Å². The summed E-state index contributed by atoms with van der Waals surface area (Å²) in [7, 11) is -4.57. The Kier molecular flexibility index (Phi) is 5.06. The smallest absolute Gasteiger partial charge is 0.302 e. The fourth-order valence-corrected chi connectivity index (χ4v) is 2.25. The second kappa shape index (κ2) is 6.79. The van der Waals surface area contributed by atoms with Crippen LogP contribution in [-0.4, -0.2) is 14.9 Å². The number of rotatable bonds is 6. The van der Waals surface area contributed by atoms with Crippen molar-refractivity contribution in [2.24, 2.45) is 0 Å². The minimum absolute atomic E-state index is 0.293. The Morgan fingerprint density at radius 3 is 1.60 bits per heavy atom. The number of benzene rings is 2. The monoisotopic (exact) mass is 293 g/mol. The van der Waals surface area contributed by atoms with Crippen molar-refractivity contribution in [2.75, 3.05) is 0 Å². The highest BCUT2D eigenvalue weighted by Crippen LogP contribution is 2.38. The van der Waals surface area contributed by atoms with Crippen LogP contribution >= 0.6 is 7.82 Å². The molecule has 0 aliphatic heterocycles. The van der Waals surface area contributed by atoms with Crippen molar-refractivity contribution in [1.29, 1.82) is 0 Å². The van der Waals surface area contributed by atoms with Gasteiger partial charge >= 0.3 is 7.82 Å². The van der Waals surface area contributed by atoms with E-state index >= 15 is 0 Å². The van der Waals surface area contributed by atoms with Crippen molar-refractivity contribution in [3.8, 4) is 0 Å². The van der Waals surface area contributed by atoms with E-state index in [1.54, 1.807) is 0 Å². The van der Waals surface area contributed by atoms with Crippen LogP contribution in [0.3, 0.4) is 0 Å². The molecular weight excluding hydrogens is 277 g/mol. The molecule has 0 saturated carbocycles. The van der Waals surface area contributed by atoms with Crippen LogP contribution in [0, 0.1) is 0 Å². The van der Waals surface area contributed by atoms with E-state index < -0.39 is 7.82 Å². The number of hydroxylamine groups is 2. The van der Waals surface area contributed by atoms with Crippen LogP contribution < -0.4 is 0 Å². The number of hydrogen-bond acceptors (Lipinski definition) is 3. The Hall–Kier alpha value is -1.49. The topological polar surface area (TPSA) is 70.0 Å². The average Bonchev–Trinajstić information content (AvgIpc) is 2.39. The van der Waals surface area contributed by atoms with Gasteiger partial charge in [-0.2, -0.15) is 9.69 Å². The molecular formula is C14H16NO4P. The molecule has 0 amide bonds. The molecule has 106 valence electrons. The maximum atomic E-state index is 11.1. The van der Waals surface area contributed by atoms with Crippen molar-refractivity contribution in [3.63, 3.8) is 0 Å². The van der Waals surface area contributed by atoms with Gasteiger partial charge in [0.1, 0.15) is 0 Å². The summed E-state index contributed by atoms with van der Waals surface area (Å²) in [6.45, 7) is 0.585. The van der Waals surface area contributed by atoms with E-state index in [1.165, 1.54) is 5.06 Å². The first kappa shape index (κ1) is 14.9. The van der Waals surface area contributed by atoms with Crippen LogP contribution in [0.1, 0.15) is 11.1 Å². The molecule has 2 rings (SSSR count). The number of nitrogens with zero attached hydrogens (tertiary/aromatic N) is 1. The Morgan fingerprint density at radius 2 is 1.25 bits per heavy atom. The summed E-state index contributed by atoms with van der Waals surface area (Å²) < 4.78 is 15.8. The van der Waals surface area contributed by atoms with Gasteiger partial charge in [-0.25, -0.2) is 4.57 Å². The number of phosphoric acid groups is 1. The standard InChI is InChI=1S/C14H16NO4P/c16-20(17,18)19-15(11-13-7-3-1-4-8-13)12-14-9-5-2-6-10-14/h1-10H,11-12H2,(H2,16,17,18). The lowest BCUT2D eigenvalue weighted by Crippen LogP contribution is -2.22. The first-order chi connectivity index (χ1) is 9.53. The van der Waals surface area contributed by atoms with Gasteiger partial charge in [-0.05, 0) is 11.1 Å². The average molecular weight is 293 g/mol. The third kappa shape index (κ3) is 5.25. The first-order valence-electron chi connectivity index (χ1n) is 6.11. The molecule has 0 fully saturated rings. The van der Waals surface area contributed by atoms with Gasteiger partial charge in [-0.15, -0.1) is 0 Å². The Bertz CT molecular complexity index is 529. The molecule has 20 heavy (non-hydrogen) atoms. The fraction of sp³-hybridized carbons (Fsp3) is 0.143. The Morgan fingerprint density at radius 1 is 0.850 bits per heavy atom. The van der Waals surface area contributed by atoms with Crippen LogP contribution in [0.25, 0.3) is 0 Å². The molecule has 0 saturated heterocycles. The largest absolute Gasteiger partial charge is 0.486 e. The SMILES string of the molecule is O=P(O)(O)ON(Cc1ccccc1)Cc1ccccc1. The van der Waals surface area contributed by atoms with Crippen molar-refractivity contribution in [1.82, 2.24) is 5.06 Å². The van der Waals surface area contributed by atoms with E-state index in [1.807, 2.05) is 60.7 Å². The van der Waals surface area contributed by atoms with Crippen LogP contribution in [-0.2, 0) is 22.3 Å². The lowest BCUT2D eigenvalue weighted by Gasteiger charge is -2.21. The minimum Gasteiger partial charge on any atom is -0.302 e. The molecule has 0 unspecified atom stereocenters. The Balaban J connectivity index is 2.10. The van der Waals surface area contributed by atoms with Gasteiger partial charge in [0, 0.05) is 0 Å². The quantitative estimate of drug-likeness (QED) is 0.633. The predicted molar refractivity (Wildman–Crippen MR) is 75.3 cm³/mol. The van der Waals surface area contributed by atoms with Gasteiger partial charge in [0.2, 0.25) is 0 Å². The summed E-state index contributed by atoms with van der Waals surface area (Å²) in [5.41, 5.74) is 1.83. The molecule has 0 aliphatic rings. The highest BCUT2D eigenvalue weighted by molar-refractivity contribution is 7.46. The number of hydrogen-bond donors (Lipinski definition) is 2. The molecule has 6 heteroatoms. The van der Waals surface area contributed by atoms with E-state index in [4.69, 9.17) is 14.4 Å². The van der Waals surface area contributed by atoms with Gasteiger partial charge in [0.15, 0.2) is 0 Å². The van der Waals surface area contributed by atoms with E-state index in [0.29, 0.717) is 13.1 Å². The van der Waals surface area contributed by atoms with E-state index in [0.717, 1.165) is 11.1 Å². The zero-order chi connectivity index (χ0) is 14.4. The molecule has 0 bridgehead atoms. The summed E-state index contributed by atoms with van der Waals surface area (Å²) in [4.78, 5) is 18.0. The van der Waals surface area contributed by atoms with Crippen LogP contribution in [0.4, 0.5) is 0 Å². The van der Waals surface area contributed by atoms with Gasteiger partial charge in [-0.3, -0.25) is 0 Å². The highest BCUT2D eigenvalue weighted by atomic mass is 31.2. The molecule has 2 aromatic carbocycles. The van der Waals surface area contributed by atoms with E-state index in [2.05, 4.69) is 0 Å². The van der Waals surface area contributed by atoms with Crippen molar-refractivity contribution < 1.29 is 19.0 Å². The zero-order valence-electron chi connectivity index (χ0n) is 10.8. The summed E-state index contributed by atoms with van der Waals surface area (Å²) in [5, 5.41) is 1.27. The molecule has 0 atom stereocenters. The van der Waals surface area contributed by atoms with Crippen molar-refractivity contribution >= 4 is 7.82 Å². The second-order valence-corrected chi connectivity index (χ2v) is 5.49. The molecule has 0 heterocycles. The third-order valence-electron chi connectivity index (χ3n) is 2.63. The summed E-state index contributed by atoms with van der Waals surface area (Å²) in [6, 6.07) is 18.7. The lowest BCUT2D eigenvalue weighted by atomic mass is 10.2. The van der Waals surface area contributed by atoms with Gasteiger partial charge in [-0.1, -0.05) is 60.7 Å². The lowest BCUT2D eigenvalue weighted by molar-refractivity contribution is -0.0968. The van der Waals surface area contributed by atoms with Crippen LogP contribution in [0.5, 0.6) is 0 Å². The second-order valence-electron chi connectivity index (χ2n) is 4.34. The van der Waals surface area contributed by atoms with E-state index in [-0.39, 0.29) is 0 Å². The molecule has 0 spiro atoms. The normalized spacial score (nSPS) is 11.8. The Labute approximate surface area is 117 Å². The van der Waals surface area contributed by atoms with E-state index in [9.17, 15) is 4.57 Å². The summed E-state index contributed by atoms with van der Waals surface area (Å²) in [6.07, 6.45) is 0. The first-order valence-corrected chi connectivity index (χ1v) is 7.64. The van der Waals surface area contributed by atoms with Crippen molar-refractivity contribution in [3.05, 3.63) is 71.8 Å². The van der Waals surface area contributed by atoms with Gasteiger partial charge in [0.05, 0.1) is 13.1 Å². The zero-order valence-corrected chi connectivity index (χ0v) is 11.7.